The number of hydrogen-bond acceptors (Lipinski definition) is 5. The molecule has 33 heavy (non-hydrogen) atoms. The second-order valence-corrected chi connectivity index (χ2v) is 8.62. The van der Waals surface area contributed by atoms with E-state index in [1.54, 1.807) is 0 Å². The van der Waals surface area contributed by atoms with E-state index in [4.69, 9.17) is 9.72 Å². The molecular weight excluding hydrogens is 434 g/mol. The summed E-state index contributed by atoms with van der Waals surface area (Å²) < 4.78 is 6.95. The van der Waals surface area contributed by atoms with Gasteiger partial charge in [-0.25, -0.2) is 9.78 Å². The van der Waals surface area contributed by atoms with Gasteiger partial charge in [0.05, 0.1) is 23.9 Å². The van der Waals surface area contributed by atoms with Gasteiger partial charge in [0.2, 0.25) is 5.91 Å². The summed E-state index contributed by atoms with van der Waals surface area (Å²) >= 11 is 1.34. The van der Waals surface area contributed by atoms with Crippen LogP contribution in [0.4, 0.5) is 0 Å². The third kappa shape index (κ3) is 5.43. The highest BCUT2D eigenvalue weighted by atomic mass is 32.2. The lowest BCUT2D eigenvalue weighted by Crippen LogP contribution is -2.43. The number of imidazole rings is 1. The van der Waals surface area contributed by atoms with Crippen molar-refractivity contribution >= 4 is 34.7 Å². The number of esters is 1. The van der Waals surface area contributed by atoms with E-state index in [-0.39, 0.29) is 11.7 Å². The molecule has 0 aliphatic heterocycles. The molecule has 1 amide bonds. The average Bonchev–Trinajstić information content (AvgIpc) is 3.21. The maximum absolute atomic E-state index is 12.8. The van der Waals surface area contributed by atoms with Gasteiger partial charge in [0, 0.05) is 12.1 Å². The fraction of sp³-hybridized carbons (Fsp3) is 0.192. The summed E-state index contributed by atoms with van der Waals surface area (Å²) in [5, 5.41) is 3.53. The van der Waals surface area contributed by atoms with Crippen LogP contribution in [0.3, 0.4) is 0 Å². The third-order valence-electron chi connectivity index (χ3n) is 5.26. The van der Waals surface area contributed by atoms with Crippen molar-refractivity contribution in [2.75, 3.05) is 12.9 Å². The summed E-state index contributed by atoms with van der Waals surface area (Å²) in [5.41, 5.74) is 4.93. The molecule has 4 rings (SSSR count). The van der Waals surface area contributed by atoms with Crippen molar-refractivity contribution in [3.05, 3.63) is 90.0 Å². The van der Waals surface area contributed by atoms with Gasteiger partial charge < -0.3 is 10.1 Å². The van der Waals surface area contributed by atoms with Gasteiger partial charge in [0.25, 0.3) is 0 Å². The van der Waals surface area contributed by atoms with Crippen molar-refractivity contribution < 1.29 is 14.3 Å². The predicted octanol–water partition coefficient (Wildman–Crippen LogP) is 4.33. The molecule has 0 radical (unpaired) electrons. The molecule has 1 heterocycles. The summed E-state index contributed by atoms with van der Waals surface area (Å²) in [7, 11) is 1.32. The van der Waals surface area contributed by atoms with Crippen LogP contribution in [-0.4, -0.2) is 40.3 Å². The number of nitrogens with zero attached hydrogens (tertiary/aromatic N) is 2. The molecule has 0 unspecified atom stereocenters. The minimum Gasteiger partial charge on any atom is -0.467 e. The smallest absolute Gasteiger partial charge is 0.328 e. The number of methoxy groups -OCH3 is 1. The lowest BCUT2D eigenvalue weighted by molar-refractivity contribution is -0.144. The fourth-order valence-corrected chi connectivity index (χ4v) is 4.43. The number of amides is 1. The van der Waals surface area contributed by atoms with Crippen LogP contribution >= 0.6 is 11.8 Å². The molecule has 168 valence electrons. The number of nitrogens with one attached hydrogen (secondary N) is 1. The molecule has 4 aromatic rings. The number of benzene rings is 3. The fourth-order valence-electron chi connectivity index (χ4n) is 3.60. The Balaban J connectivity index is 1.51. The van der Waals surface area contributed by atoms with Crippen LogP contribution in [0.5, 0.6) is 0 Å². The molecule has 1 aromatic heterocycles. The Hall–Kier alpha value is -3.58. The van der Waals surface area contributed by atoms with E-state index in [2.05, 4.69) is 22.0 Å². The summed E-state index contributed by atoms with van der Waals surface area (Å²) in [4.78, 5) is 29.8. The van der Waals surface area contributed by atoms with Gasteiger partial charge in [-0.05, 0) is 36.8 Å². The van der Waals surface area contributed by atoms with Crippen LogP contribution in [0.15, 0.2) is 84.0 Å². The number of carbonyl (C=O) groups excluding carboxylic acids is 2. The van der Waals surface area contributed by atoms with Crippen molar-refractivity contribution in [2.45, 2.75) is 24.5 Å². The zero-order valence-corrected chi connectivity index (χ0v) is 19.3. The van der Waals surface area contributed by atoms with Crippen LogP contribution in [0.25, 0.3) is 16.7 Å². The zero-order chi connectivity index (χ0) is 23.2. The van der Waals surface area contributed by atoms with Crippen LogP contribution in [-0.2, 0) is 20.7 Å². The minimum atomic E-state index is -0.749. The molecule has 0 fully saturated rings. The molecule has 0 saturated heterocycles. The first-order chi connectivity index (χ1) is 16.0. The summed E-state index contributed by atoms with van der Waals surface area (Å²) in [5.74, 6) is -0.602. The van der Waals surface area contributed by atoms with Gasteiger partial charge in [-0.1, -0.05) is 71.9 Å². The van der Waals surface area contributed by atoms with E-state index >= 15 is 0 Å². The van der Waals surface area contributed by atoms with Crippen molar-refractivity contribution in [2.24, 2.45) is 0 Å². The van der Waals surface area contributed by atoms with Crippen LogP contribution in [0.1, 0.15) is 11.1 Å². The summed E-state index contributed by atoms with van der Waals surface area (Å²) in [6.45, 7) is 2.04. The number of ether oxygens (including phenoxy) is 1. The largest absolute Gasteiger partial charge is 0.467 e. The molecule has 7 heteroatoms. The maximum atomic E-state index is 12.8. The lowest BCUT2D eigenvalue weighted by Gasteiger charge is -2.16. The average molecular weight is 460 g/mol. The molecule has 6 nitrogen and oxygen atoms in total. The molecular formula is C26H25N3O3S. The number of rotatable bonds is 8. The molecule has 3 aromatic carbocycles. The van der Waals surface area contributed by atoms with Gasteiger partial charge >= 0.3 is 5.97 Å². The first-order valence-electron chi connectivity index (χ1n) is 10.6. The molecule has 0 saturated carbocycles. The molecule has 1 N–H and O–H groups in total. The number of carbonyl (C=O) groups is 2. The van der Waals surface area contributed by atoms with Gasteiger partial charge in [-0.2, -0.15) is 0 Å². The normalized spacial score (nSPS) is 11.8. The Kier molecular flexibility index (Phi) is 7.10. The van der Waals surface area contributed by atoms with E-state index in [1.807, 2.05) is 73.7 Å². The van der Waals surface area contributed by atoms with Crippen LogP contribution < -0.4 is 5.32 Å². The van der Waals surface area contributed by atoms with E-state index in [9.17, 15) is 9.59 Å². The second-order valence-electron chi connectivity index (χ2n) is 7.68. The molecule has 0 aliphatic rings. The van der Waals surface area contributed by atoms with Crippen LogP contribution in [0, 0.1) is 6.92 Å². The second kappa shape index (κ2) is 10.4. The SMILES string of the molecule is COC(=O)[C@H](Cc1ccccc1)NC(=O)CSc1nc2ccccc2n1-c1ccc(C)cc1. The van der Waals surface area contributed by atoms with Crippen LogP contribution in [0.2, 0.25) is 0 Å². The Morgan fingerprint density at radius 2 is 1.70 bits per heavy atom. The Labute approximate surface area is 197 Å². The van der Waals surface area contributed by atoms with E-state index in [0.29, 0.717) is 11.6 Å². The first-order valence-corrected chi connectivity index (χ1v) is 11.6. The highest BCUT2D eigenvalue weighted by Gasteiger charge is 2.22. The number of hydrogen-bond donors (Lipinski definition) is 1. The van der Waals surface area contributed by atoms with Gasteiger partial charge in [-0.15, -0.1) is 0 Å². The van der Waals surface area contributed by atoms with Gasteiger partial charge in [0.1, 0.15) is 6.04 Å². The molecule has 0 bridgehead atoms. The van der Waals surface area contributed by atoms with Crippen molar-refractivity contribution in [1.29, 1.82) is 0 Å². The number of fused-ring (bicyclic) bond motifs is 1. The summed E-state index contributed by atoms with van der Waals surface area (Å²) in [6.07, 6.45) is 0.367. The number of aryl methyl sites for hydroxylation is 1. The van der Waals surface area contributed by atoms with Gasteiger partial charge in [-0.3, -0.25) is 9.36 Å². The Morgan fingerprint density at radius 3 is 2.42 bits per heavy atom. The highest BCUT2D eigenvalue weighted by molar-refractivity contribution is 7.99. The zero-order valence-electron chi connectivity index (χ0n) is 18.5. The van der Waals surface area contributed by atoms with Crippen molar-refractivity contribution in [3.63, 3.8) is 0 Å². The standard InChI is InChI=1S/C26H25N3O3S/c1-18-12-14-20(15-13-18)29-23-11-7-6-10-21(23)28-26(29)33-17-24(30)27-22(25(31)32-2)16-19-8-4-3-5-9-19/h3-15,22H,16-17H2,1-2H3,(H,27,30)/t22-/m0/s1. The minimum absolute atomic E-state index is 0.122. The highest BCUT2D eigenvalue weighted by Crippen LogP contribution is 2.28. The number of para-hydroxylation sites is 2. The van der Waals surface area contributed by atoms with E-state index < -0.39 is 12.0 Å². The predicted molar refractivity (Wildman–Crippen MR) is 131 cm³/mol. The lowest BCUT2D eigenvalue weighted by atomic mass is 10.1. The van der Waals surface area contributed by atoms with Crippen molar-refractivity contribution in [3.8, 4) is 5.69 Å². The molecule has 1 atom stereocenters. The van der Waals surface area contributed by atoms with Crippen molar-refractivity contribution in [1.82, 2.24) is 14.9 Å². The monoisotopic (exact) mass is 459 g/mol. The van der Waals surface area contributed by atoms with E-state index in [0.717, 1.165) is 22.3 Å². The number of aromatic nitrogens is 2. The maximum Gasteiger partial charge on any atom is 0.328 e. The third-order valence-corrected chi connectivity index (χ3v) is 6.20. The summed E-state index contributed by atoms with van der Waals surface area (Å²) in [6, 6.07) is 24.9. The van der Waals surface area contributed by atoms with Gasteiger partial charge in [0.15, 0.2) is 5.16 Å². The first kappa shape index (κ1) is 22.6. The Bertz CT molecular complexity index is 1250. The topological polar surface area (TPSA) is 73.2 Å². The Morgan fingerprint density at radius 1 is 1.00 bits per heavy atom. The molecule has 0 spiro atoms. The number of thioether (sulfide) groups is 1. The quantitative estimate of drug-likeness (QED) is 0.314. The molecule has 0 aliphatic carbocycles. The van der Waals surface area contributed by atoms with E-state index in [1.165, 1.54) is 24.4 Å².